The molecule has 0 unspecified atom stereocenters. The average molecular weight is 288 g/mol. The quantitative estimate of drug-likeness (QED) is 0.791. The number of carbonyl (C=O) groups excluding carboxylic acids is 1. The lowest BCUT2D eigenvalue weighted by Gasteiger charge is -2.31. The highest BCUT2D eigenvalue weighted by Gasteiger charge is 2.44. The van der Waals surface area contributed by atoms with Crippen molar-refractivity contribution in [3.63, 3.8) is 0 Å². The van der Waals surface area contributed by atoms with Crippen LogP contribution in [-0.4, -0.2) is 53.8 Å². The molecule has 3 atom stereocenters. The molecule has 0 aromatic carbocycles. The maximum Gasteiger partial charge on any atom is 0.254 e. The zero-order chi connectivity index (χ0) is 14.7. The summed E-state index contributed by atoms with van der Waals surface area (Å²) in [7, 11) is 0. The molecule has 1 aromatic rings. The van der Waals surface area contributed by atoms with Crippen molar-refractivity contribution in [1.29, 1.82) is 0 Å². The summed E-state index contributed by atoms with van der Waals surface area (Å²) < 4.78 is 11.7. The summed E-state index contributed by atoms with van der Waals surface area (Å²) in [6.07, 6.45) is 6.91. The van der Waals surface area contributed by atoms with Gasteiger partial charge < -0.3 is 14.4 Å². The second-order valence-corrected chi connectivity index (χ2v) is 5.38. The number of nitrogens with zero attached hydrogens (tertiary/aromatic N) is 2. The molecule has 0 radical (unpaired) electrons. The third-order valence-electron chi connectivity index (χ3n) is 4.15. The standard InChI is InChI=1S/C16H20N2O3/c1-2-10-21-15-13-3-4-14(15)20-11-9-18(13)16(19)12-5-7-17-8-6-12/h2,5-8,13-15H,1,3-4,9-11H2/t13-,14-,15-/m1/s1. The molecule has 1 aromatic heterocycles. The van der Waals surface area contributed by atoms with Crippen molar-refractivity contribution < 1.29 is 14.3 Å². The zero-order valence-electron chi connectivity index (χ0n) is 12.0. The Morgan fingerprint density at radius 3 is 3.05 bits per heavy atom. The number of fused-ring (bicyclic) bond motifs is 2. The van der Waals surface area contributed by atoms with Crippen molar-refractivity contribution in [3.8, 4) is 0 Å². The monoisotopic (exact) mass is 288 g/mol. The highest BCUT2D eigenvalue weighted by Crippen LogP contribution is 2.32. The maximum atomic E-state index is 12.7. The average Bonchev–Trinajstić information content (AvgIpc) is 2.81. The Bertz CT molecular complexity index is 506. The number of carbonyl (C=O) groups is 1. The molecule has 1 aliphatic carbocycles. The van der Waals surface area contributed by atoms with Crippen LogP contribution in [0.3, 0.4) is 0 Å². The fourth-order valence-electron chi connectivity index (χ4n) is 3.20. The number of aromatic nitrogens is 1. The predicted molar refractivity (Wildman–Crippen MR) is 78.0 cm³/mol. The van der Waals surface area contributed by atoms with Gasteiger partial charge in [-0.1, -0.05) is 6.08 Å². The molecule has 3 rings (SSSR count). The summed E-state index contributed by atoms with van der Waals surface area (Å²) >= 11 is 0. The summed E-state index contributed by atoms with van der Waals surface area (Å²) in [4.78, 5) is 18.6. The van der Waals surface area contributed by atoms with E-state index in [1.54, 1.807) is 30.6 Å². The van der Waals surface area contributed by atoms with Gasteiger partial charge in [0.2, 0.25) is 0 Å². The van der Waals surface area contributed by atoms with Gasteiger partial charge in [-0.15, -0.1) is 6.58 Å². The number of ether oxygens (including phenoxy) is 2. The number of hydrogen-bond donors (Lipinski definition) is 0. The van der Waals surface area contributed by atoms with E-state index in [2.05, 4.69) is 11.6 Å². The molecule has 0 N–H and O–H groups in total. The van der Waals surface area contributed by atoms with Crippen molar-refractivity contribution >= 4 is 5.91 Å². The Hall–Kier alpha value is -1.72. The van der Waals surface area contributed by atoms with E-state index in [-0.39, 0.29) is 24.2 Å². The summed E-state index contributed by atoms with van der Waals surface area (Å²) in [5, 5.41) is 0. The third-order valence-corrected chi connectivity index (χ3v) is 4.15. The van der Waals surface area contributed by atoms with E-state index in [0.717, 1.165) is 12.8 Å². The van der Waals surface area contributed by atoms with Crippen molar-refractivity contribution in [2.75, 3.05) is 19.8 Å². The first-order chi connectivity index (χ1) is 10.3. The first-order valence-electron chi connectivity index (χ1n) is 7.36. The minimum Gasteiger partial charge on any atom is -0.374 e. The van der Waals surface area contributed by atoms with Crippen LogP contribution in [0.25, 0.3) is 0 Å². The maximum absolute atomic E-state index is 12.7. The molecule has 1 amide bonds. The minimum absolute atomic E-state index is 0.0285. The second kappa shape index (κ2) is 6.37. The SMILES string of the molecule is C=CCO[C@@H]1[C@H]2CC[C@H]1OCCN2C(=O)c1ccncc1. The summed E-state index contributed by atoms with van der Waals surface area (Å²) in [6.45, 7) is 5.34. The van der Waals surface area contributed by atoms with Gasteiger partial charge in [0.15, 0.2) is 0 Å². The van der Waals surface area contributed by atoms with Crippen molar-refractivity contribution in [1.82, 2.24) is 9.88 Å². The van der Waals surface area contributed by atoms with E-state index in [1.165, 1.54) is 0 Å². The number of amides is 1. The lowest BCUT2D eigenvalue weighted by Crippen LogP contribution is -2.46. The molecule has 1 saturated carbocycles. The van der Waals surface area contributed by atoms with Gasteiger partial charge in [-0.2, -0.15) is 0 Å². The zero-order valence-corrected chi connectivity index (χ0v) is 12.0. The normalized spacial score (nSPS) is 28.2. The molecule has 1 saturated heterocycles. The second-order valence-electron chi connectivity index (χ2n) is 5.38. The highest BCUT2D eigenvalue weighted by molar-refractivity contribution is 5.94. The Morgan fingerprint density at radius 1 is 1.48 bits per heavy atom. The molecule has 2 aliphatic rings. The summed E-state index contributed by atoms with van der Waals surface area (Å²) in [6, 6.07) is 3.58. The number of rotatable bonds is 4. The summed E-state index contributed by atoms with van der Waals surface area (Å²) in [5.41, 5.74) is 0.665. The van der Waals surface area contributed by atoms with Gasteiger partial charge in [-0.3, -0.25) is 9.78 Å². The summed E-state index contributed by atoms with van der Waals surface area (Å²) in [5.74, 6) is 0.0285. The first kappa shape index (κ1) is 14.2. The van der Waals surface area contributed by atoms with Crippen LogP contribution in [0.4, 0.5) is 0 Å². The van der Waals surface area contributed by atoms with Crippen LogP contribution < -0.4 is 0 Å². The Balaban J connectivity index is 1.81. The van der Waals surface area contributed by atoms with E-state index in [0.29, 0.717) is 25.3 Å². The van der Waals surface area contributed by atoms with Crippen LogP contribution in [0, 0.1) is 0 Å². The lowest BCUT2D eigenvalue weighted by atomic mass is 10.1. The molecular weight excluding hydrogens is 268 g/mol. The van der Waals surface area contributed by atoms with E-state index >= 15 is 0 Å². The van der Waals surface area contributed by atoms with Crippen LogP contribution in [-0.2, 0) is 9.47 Å². The predicted octanol–water partition coefficient (Wildman–Crippen LogP) is 1.66. The molecular formula is C16H20N2O3. The van der Waals surface area contributed by atoms with E-state index in [9.17, 15) is 4.79 Å². The van der Waals surface area contributed by atoms with Crippen molar-refractivity contribution in [3.05, 3.63) is 42.7 Å². The van der Waals surface area contributed by atoms with Crippen LogP contribution in [0.15, 0.2) is 37.2 Å². The van der Waals surface area contributed by atoms with Gasteiger partial charge >= 0.3 is 0 Å². The molecule has 2 heterocycles. The molecule has 1 aliphatic heterocycles. The molecule has 112 valence electrons. The largest absolute Gasteiger partial charge is 0.374 e. The Morgan fingerprint density at radius 2 is 2.29 bits per heavy atom. The van der Waals surface area contributed by atoms with Crippen molar-refractivity contribution in [2.45, 2.75) is 31.1 Å². The lowest BCUT2D eigenvalue weighted by molar-refractivity contribution is -0.0434. The molecule has 5 nitrogen and oxygen atoms in total. The first-order valence-corrected chi connectivity index (χ1v) is 7.36. The van der Waals surface area contributed by atoms with Gasteiger partial charge in [0.1, 0.15) is 6.10 Å². The number of pyridine rings is 1. The van der Waals surface area contributed by atoms with Gasteiger partial charge in [-0.25, -0.2) is 0 Å². The molecule has 2 fully saturated rings. The topological polar surface area (TPSA) is 51.7 Å². The van der Waals surface area contributed by atoms with Gasteiger partial charge in [0.25, 0.3) is 5.91 Å². The van der Waals surface area contributed by atoms with E-state index in [4.69, 9.17) is 9.47 Å². The van der Waals surface area contributed by atoms with Gasteiger partial charge in [0.05, 0.1) is 25.4 Å². The van der Waals surface area contributed by atoms with E-state index < -0.39 is 0 Å². The fraction of sp³-hybridized carbons (Fsp3) is 0.500. The highest BCUT2D eigenvalue weighted by atomic mass is 16.5. The fourth-order valence-corrected chi connectivity index (χ4v) is 3.20. The Kier molecular flexibility index (Phi) is 4.31. The Labute approximate surface area is 124 Å². The van der Waals surface area contributed by atoms with Gasteiger partial charge in [0, 0.05) is 24.5 Å². The molecule has 0 spiro atoms. The molecule has 21 heavy (non-hydrogen) atoms. The number of hydrogen-bond acceptors (Lipinski definition) is 4. The van der Waals surface area contributed by atoms with Crippen LogP contribution >= 0.6 is 0 Å². The van der Waals surface area contributed by atoms with Gasteiger partial charge in [-0.05, 0) is 25.0 Å². The van der Waals surface area contributed by atoms with Crippen LogP contribution in [0.1, 0.15) is 23.2 Å². The van der Waals surface area contributed by atoms with Crippen molar-refractivity contribution in [2.24, 2.45) is 0 Å². The van der Waals surface area contributed by atoms with E-state index in [1.807, 2.05) is 4.90 Å². The smallest absolute Gasteiger partial charge is 0.254 e. The molecule has 5 heteroatoms. The third kappa shape index (κ3) is 2.84. The van der Waals surface area contributed by atoms with Crippen LogP contribution in [0.5, 0.6) is 0 Å². The van der Waals surface area contributed by atoms with Crippen LogP contribution in [0.2, 0.25) is 0 Å². The molecule has 2 bridgehead atoms. The minimum atomic E-state index is -0.0590.